The number of nitrogens with zero attached hydrogens (tertiary/aromatic N) is 2. The van der Waals surface area contributed by atoms with Gasteiger partial charge in [0.1, 0.15) is 0 Å². The molecule has 2 aromatic rings. The third-order valence-corrected chi connectivity index (χ3v) is 6.35. The minimum absolute atomic E-state index is 0.116. The maximum atomic E-state index is 12.7. The average molecular weight is 406 g/mol. The van der Waals surface area contributed by atoms with Crippen LogP contribution >= 0.6 is 0 Å². The number of ether oxygens (including phenoxy) is 2. The molecule has 1 aliphatic rings. The number of sulfonamides is 1. The summed E-state index contributed by atoms with van der Waals surface area (Å²) in [6.45, 7) is 7.29. The van der Waals surface area contributed by atoms with Gasteiger partial charge in [-0.1, -0.05) is 6.92 Å². The Bertz CT molecular complexity index is 892. The van der Waals surface area contributed by atoms with E-state index < -0.39 is 10.0 Å². The third-order valence-electron chi connectivity index (χ3n) is 4.97. The molecule has 28 heavy (non-hydrogen) atoms. The Hall–Kier alpha value is -2.45. The van der Waals surface area contributed by atoms with E-state index in [1.807, 2.05) is 12.1 Å². The first-order chi connectivity index (χ1) is 13.5. The van der Waals surface area contributed by atoms with E-state index in [1.54, 1.807) is 18.2 Å². The van der Waals surface area contributed by atoms with E-state index in [1.165, 1.54) is 26.4 Å². The second-order valence-corrected chi connectivity index (χ2v) is 8.27. The van der Waals surface area contributed by atoms with Gasteiger partial charge in [-0.3, -0.25) is 4.72 Å². The number of benzene rings is 2. The van der Waals surface area contributed by atoms with E-state index in [4.69, 9.17) is 9.47 Å². The maximum Gasteiger partial charge on any atom is 0.262 e. The molecule has 1 saturated heterocycles. The van der Waals surface area contributed by atoms with Crippen molar-refractivity contribution in [3.05, 3.63) is 42.5 Å². The molecule has 0 spiro atoms. The molecule has 1 heterocycles. The number of rotatable bonds is 7. The van der Waals surface area contributed by atoms with Crippen LogP contribution in [0.4, 0.5) is 11.4 Å². The summed E-state index contributed by atoms with van der Waals surface area (Å²) in [6.07, 6.45) is 0. The van der Waals surface area contributed by atoms with E-state index in [-0.39, 0.29) is 4.90 Å². The van der Waals surface area contributed by atoms with Crippen LogP contribution in [0.3, 0.4) is 0 Å². The zero-order valence-electron chi connectivity index (χ0n) is 16.5. The van der Waals surface area contributed by atoms with Crippen LogP contribution in [0, 0.1) is 0 Å². The predicted molar refractivity (Wildman–Crippen MR) is 111 cm³/mol. The molecular weight excluding hydrogens is 378 g/mol. The fourth-order valence-corrected chi connectivity index (χ4v) is 4.33. The fraction of sp³-hybridized carbons (Fsp3) is 0.400. The van der Waals surface area contributed by atoms with Gasteiger partial charge in [0.05, 0.1) is 19.1 Å². The smallest absolute Gasteiger partial charge is 0.262 e. The molecule has 7 nitrogen and oxygen atoms in total. The van der Waals surface area contributed by atoms with Crippen LogP contribution in [0.15, 0.2) is 47.4 Å². The molecule has 0 aromatic heterocycles. The lowest BCUT2D eigenvalue weighted by molar-refractivity contribution is 0.271. The van der Waals surface area contributed by atoms with Crippen molar-refractivity contribution in [2.75, 3.05) is 56.6 Å². The Morgan fingerprint density at radius 3 is 2.14 bits per heavy atom. The topological polar surface area (TPSA) is 71.1 Å². The van der Waals surface area contributed by atoms with Crippen LogP contribution in [0.25, 0.3) is 0 Å². The second kappa shape index (κ2) is 8.70. The minimum Gasteiger partial charge on any atom is -0.493 e. The van der Waals surface area contributed by atoms with E-state index in [2.05, 4.69) is 21.4 Å². The molecule has 0 aliphatic carbocycles. The van der Waals surface area contributed by atoms with Gasteiger partial charge in [0.2, 0.25) is 0 Å². The van der Waals surface area contributed by atoms with Crippen molar-refractivity contribution in [2.24, 2.45) is 0 Å². The van der Waals surface area contributed by atoms with Gasteiger partial charge in [0.25, 0.3) is 10.0 Å². The number of nitrogens with one attached hydrogen (secondary N) is 1. The number of hydrogen-bond donors (Lipinski definition) is 1. The summed E-state index contributed by atoms with van der Waals surface area (Å²) < 4.78 is 38.4. The molecule has 2 aromatic carbocycles. The van der Waals surface area contributed by atoms with Crippen molar-refractivity contribution in [1.82, 2.24) is 4.90 Å². The van der Waals surface area contributed by atoms with Crippen molar-refractivity contribution in [1.29, 1.82) is 0 Å². The Labute approximate surface area is 166 Å². The third kappa shape index (κ3) is 4.51. The van der Waals surface area contributed by atoms with Crippen molar-refractivity contribution in [3.8, 4) is 11.5 Å². The van der Waals surface area contributed by atoms with Crippen molar-refractivity contribution < 1.29 is 17.9 Å². The predicted octanol–water partition coefficient (Wildman–Crippen LogP) is 2.65. The number of likely N-dealkylation sites (N-methyl/N-ethyl adjacent to an activating group) is 1. The molecule has 0 saturated carbocycles. The second-order valence-electron chi connectivity index (χ2n) is 6.59. The molecule has 1 fully saturated rings. The van der Waals surface area contributed by atoms with Crippen LogP contribution in [0.5, 0.6) is 11.5 Å². The lowest BCUT2D eigenvalue weighted by Gasteiger charge is -2.35. The lowest BCUT2D eigenvalue weighted by Crippen LogP contribution is -2.46. The Morgan fingerprint density at radius 2 is 1.57 bits per heavy atom. The monoisotopic (exact) mass is 405 g/mol. The molecule has 3 rings (SSSR count). The van der Waals surface area contributed by atoms with E-state index in [0.717, 1.165) is 38.4 Å². The number of piperazine rings is 1. The molecule has 152 valence electrons. The highest BCUT2D eigenvalue weighted by atomic mass is 32.2. The van der Waals surface area contributed by atoms with Gasteiger partial charge in [-0.15, -0.1) is 0 Å². The van der Waals surface area contributed by atoms with Crippen molar-refractivity contribution in [3.63, 3.8) is 0 Å². The number of methoxy groups -OCH3 is 2. The summed E-state index contributed by atoms with van der Waals surface area (Å²) in [5, 5.41) is 0. The molecular formula is C20H27N3O4S. The van der Waals surface area contributed by atoms with E-state index in [0.29, 0.717) is 17.2 Å². The first kappa shape index (κ1) is 20.3. The molecule has 0 bridgehead atoms. The first-order valence-corrected chi connectivity index (χ1v) is 10.8. The van der Waals surface area contributed by atoms with E-state index >= 15 is 0 Å². The largest absolute Gasteiger partial charge is 0.493 e. The molecule has 0 unspecified atom stereocenters. The van der Waals surface area contributed by atoms with Gasteiger partial charge in [-0.25, -0.2) is 8.42 Å². The summed E-state index contributed by atoms with van der Waals surface area (Å²) >= 11 is 0. The van der Waals surface area contributed by atoms with Crippen molar-refractivity contribution >= 4 is 21.4 Å². The Kier molecular flexibility index (Phi) is 6.31. The minimum atomic E-state index is -3.73. The fourth-order valence-electron chi connectivity index (χ4n) is 3.26. The normalized spacial score (nSPS) is 15.3. The zero-order valence-corrected chi connectivity index (χ0v) is 17.3. The van der Waals surface area contributed by atoms with Gasteiger partial charge in [-0.2, -0.15) is 0 Å². The number of anilines is 2. The van der Waals surface area contributed by atoms with Gasteiger partial charge in [-0.05, 0) is 42.9 Å². The van der Waals surface area contributed by atoms with Crippen LogP contribution in [0.1, 0.15) is 6.92 Å². The van der Waals surface area contributed by atoms with Gasteiger partial charge >= 0.3 is 0 Å². The Morgan fingerprint density at radius 1 is 0.929 bits per heavy atom. The quantitative estimate of drug-likeness (QED) is 0.764. The molecule has 8 heteroatoms. The van der Waals surface area contributed by atoms with Gasteiger partial charge in [0.15, 0.2) is 11.5 Å². The summed E-state index contributed by atoms with van der Waals surface area (Å²) in [5.41, 5.74) is 1.62. The van der Waals surface area contributed by atoms with Crippen LogP contribution < -0.4 is 19.1 Å². The van der Waals surface area contributed by atoms with E-state index in [9.17, 15) is 8.42 Å². The van der Waals surface area contributed by atoms with Crippen LogP contribution in [-0.2, 0) is 10.0 Å². The first-order valence-electron chi connectivity index (χ1n) is 9.29. The SMILES string of the molecule is CCN1CCN(c2ccc(NS(=O)(=O)c3ccc(OC)c(OC)c3)cc2)CC1. The summed E-state index contributed by atoms with van der Waals surface area (Å²) in [7, 11) is -0.744. The lowest BCUT2D eigenvalue weighted by atomic mass is 10.2. The molecule has 1 aliphatic heterocycles. The molecule has 1 N–H and O–H groups in total. The highest BCUT2D eigenvalue weighted by Gasteiger charge is 2.18. The number of hydrogen-bond acceptors (Lipinski definition) is 6. The Balaban J connectivity index is 1.71. The molecule has 0 amide bonds. The van der Waals surface area contributed by atoms with Gasteiger partial charge in [0, 0.05) is 43.6 Å². The van der Waals surface area contributed by atoms with Gasteiger partial charge < -0.3 is 19.3 Å². The standard InChI is InChI=1S/C20H27N3O4S/c1-4-22-11-13-23(14-12-22)17-7-5-16(6-8-17)21-28(24,25)18-9-10-19(26-2)20(15-18)27-3/h5-10,15,21H,4,11-14H2,1-3H3. The maximum absolute atomic E-state index is 12.7. The highest BCUT2D eigenvalue weighted by Crippen LogP contribution is 2.30. The summed E-state index contributed by atoms with van der Waals surface area (Å²) in [6, 6.07) is 12.0. The van der Waals surface area contributed by atoms with Crippen molar-refractivity contribution in [2.45, 2.75) is 11.8 Å². The zero-order chi connectivity index (χ0) is 20.1. The molecule has 0 radical (unpaired) electrons. The molecule has 0 atom stereocenters. The highest BCUT2D eigenvalue weighted by molar-refractivity contribution is 7.92. The van der Waals surface area contributed by atoms with Crippen LogP contribution in [0.2, 0.25) is 0 Å². The summed E-state index contributed by atoms with van der Waals surface area (Å²) in [5.74, 6) is 0.848. The average Bonchev–Trinajstić information content (AvgIpc) is 2.73. The van der Waals surface area contributed by atoms with Crippen LogP contribution in [-0.4, -0.2) is 60.3 Å². The summed E-state index contributed by atoms with van der Waals surface area (Å²) in [4.78, 5) is 4.85.